The van der Waals surface area contributed by atoms with Crippen LogP contribution < -0.4 is 11.2 Å². The second-order valence-corrected chi connectivity index (χ2v) is 3.76. The zero-order valence-electron chi connectivity index (χ0n) is 8.91. The van der Waals surface area contributed by atoms with Crippen LogP contribution in [0.5, 0.6) is 0 Å². The third kappa shape index (κ3) is 8.76. The van der Waals surface area contributed by atoms with Gasteiger partial charge in [-0.1, -0.05) is 5.22 Å². The van der Waals surface area contributed by atoms with Crippen molar-refractivity contribution in [3.63, 3.8) is 0 Å². The van der Waals surface area contributed by atoms with Crippen molar-refractivity contribution >= 4 is 6.09 Å². The Hall–Kier alpha value is -1.33. The molecule has 14 heavy (non-hydrogen) atoms. The molecule has 0 fully saturated rings. The summed E-state index contributed by atoms with van der Waals surface area (Å²) >= 11 is 0. The van der Waals surface area contributed by atoms with Gasteiger partial charge in [0, 0.05) is 6.54 Å². The Bertz CT molecular complexity index is 198. The molecule has 0 aliphatic heterocycles. The van der Waals surface area contributed by atoms with Crippen molar-refractivity contribution in [1.29, 1.82) is 0 Å². The quantitative estimate of drug-likeness (QED) is 0.311. The lowest BCUT2D eigenvalue weighted by Crippen LogP contribution is -2.33. The maximum Gasteiger partial charge on any atom is 0.407 e. The maximum atomic E-state index is 11.1. The topological polar surface area (TPSA) is 89.1 Å². The van der Waals surface area contributed by atoms with Crippen LogP contribution in [0.25, 0.3) is 0 Å². The first-order valence-corrected chi connectivity index (χ1v) is 4.49. The van der Waals surface area contributed by atoms with Crippen molar-refractivity contribution in [3.8, 4) is 0 Å². The van der Waals surface area contributed by atoms with E-state index in [0.717, 1.165) is 0 Å². The molecule has 3 N–H and O–H groups in total. The summed E-state index contributed by atoms with van der Waals surface area (Å²) in [6.07, 6.45) is 0.280. The Balaban J connectivity index is 3.45. The van der Waals surface area contributed by atoms with Gasteiger partial charge < -0.3 is 15.9 Å². The van der Waals surface area contributed by atoms with E-state index in [1.54, 1.807) is 0 Å². The summed E-state index contributed by atoms with van der Waals surface area (Å²) in [4.78, 5) is 11.1. The summed E-state index contributed by atoms with van der Waals surface area (Å²) < 4.78 is 5.02. The fourth-order valence-electron chi connectivity index (χ4n) is 0.712. The molecule has 0 aromatic heterocycles. The van der Waals surface area contributed by atoms with Crippen LogP contribution in [0.1, 0.15) is 27.2 Å². The van der Waals surface area contributed by atoms with Crippen LogP contribution in [0.2, 0.25) is 0 Å². The number of hydrogen-bond acceptors (Lipinski definition) is 4. The molecule has 0 heterocycles. The first-order valence-electron chi connectivity index (χ1n) is 4.49. The first-order chi connectivity index (χ1) is 6.45. The smallest absolute Gasteiger partial charge is 0.407 e. The molecule has 0 spiro atoms. The molecule has 0 aliphatic rings. The molecule has 0 saturated carbocycles. The number of alkyl carbamates (subject to hydrolysis) is 1. The van der Waals surface area contributed by atoms with E-state index >= 15 is 0 Å². The van der Waals surface area contributed by atoms with E-state index < -0.39 is 11.7 Å². The van der Waals surface area contributed by atoms with Crippen LogP contribution in [0.15, 0.2) is 10.3 Å². The van der Waals surface area contributed by atoms with E-state index in [2.05, 4.69) is 15.7 Å². The minimum Gasteiger partial charge on any atom is -0.444 e. The summed E-state index contributed by atoms with van der Waals surface area (Å²) in [6.45, 7) is 6.46. The first kappa shape index (κ1) is 12.7. The molecule has 6 heteroatoms. The van der Waals surface area contributed by atoms with Crippen LogP contribution in [-0.2, 0) is 4.74 Å². The van der Waals surface area contributed by atoms with Gasteiger partial charge in [0.15, 0.2) is 0 Å². The Kier molecular flexibility index (Phi) is 5.59. The highest BCUT2D eigenvalue weighted by molar-refractivity contribution is 5.67. The highest BCUT2D eigenvalue weighted by Crippen LogP contribution is 2.06. The minimum atomic E-state index is -0.457. The summed E-state index contributed by atoms with van der Waals surface area (Å²) in [5, 5.41) is 9.24. The monoisotopic (exact) mass is 202 g/mol. The van der Waals surface area contributed by atoms with Gasteiger partial charge in [-0.25, -0.2) is 4.79 Å². The molecule has 0 radical (unpaired) electrons. The van der Waals surface area contributed by atoms with E-state index in [0.29, 0.717) is 19.5 Å². The number of carbonyl (C=O) groups excluding carboxylic acids is 1. The van der Waals surface area contributed by atoms with Gasteiger partial charge >= 0.3 is 6.09 Å². The Morgan fingerprint density at radius 1 is 1.50 bits per heavy atom. The standard InChI is InChI=1S/C8H18N4O2/c1-8(2,3)14-7(13)10-5-4-6-11-12-9/h4-6H2,1-3H3,(H2,9,11)(H,10,13). The molecule has 0 aromatic carbocycles. The highest BCUT2D eigenvalue weighted by Gasteiger charge is 2.15. The number of carbonyl (C=O) groups is 1. The lowest BCUT2D eigenvalue weighted by atomic mass is 10.2. The van der Waals surface area contributed by atoms with E-state index in [4.69, 9.17) is 10.6 Å². The van der Waals surface area contributed by atoms with Crippen molar-refractivity contribution in [2.24, 2.45) is 16.2 Å². The number of hydrogen-bond donors (Lipinski definition) is 2. The van der Waals surface area contributed by atoms with E-state index in [9.17, 15) is 4.79 Å². The van der Waals surface area contributed by atoms with Gasteiger partial charge in [-0.3, -0.25) is 0 Å². The van der Waals surface area contributed by atoms with E-state index in [-0.39, 0.29) is 0 Å². The number of nitrogens with one attached hydrogen (secondary N) is 1. The van der Waals surface area contributed by atoms with Crippen LogP contribution in [-0.4, -0.2) is 24.8 Å². The zero-order valence-corrected chi connectivity index (χ0v) is 8.91. The van der Waals surface area contributed by atoms with Gasteiger partial charge in [-0.2, -0.15) is 5.11 Å². The van der Waals surface area contributed by atoms with Crippen molar-refractivity contribution in [3.05, 3.63) is 0 Å². The zero-order chi connectivity index (χ0) is 11.0. The molecule has 1 amide bonds. The third-order valence-electron chi connectivity index (χ3n) is 1.18. The number of rotatable bonds is 4. The van der Waals surface area contributed by atoms with Gasteiger partial charge in [0.2, 0.25) is 0 Å². The molecule has 0 unspecified atom stereocenters. The number of ether oxygens (including phenoxy) is 1. The molecular weight excluding hydrogens is 184 g/mol. The van der Waals surface area contributed by atoms with Crippen molar-refractivity contribution in [1.82, 2.24) is 5.32 Å². The molecule has 0 rings (SSSR count). The summed E-state index contributed by atoms with van der Waals surface area (Å²) in [6, 6.07) is 0. The van der Waals surface area contributed by atoms with Crippen LogP contribution in [0.4, 0.5) is 4.79 Å². The fourth-order valence-corrected chi connectivity index (χ4v) is 0.712. The van der Waals surface area contributed by atoms with Crippen LogP contribution in [0.3, 0.4) is 0 Å². The number of nitrogens with two attached hydrogens (primary N) is 1. The van der Waals surface area contributed by atoms with E-state index in [1.165, 1.54) is 0 Å². The molecule has 82 valence electrons. The molecule has 0 atom stereocenters. The Morgan fingerprint density at radius 3 is 2.64 bits per heavy atom. The lowest BCUT2D eigenvalue weighted by molar-refractivity contribution is 0.0527. The average molecular weight is 202 g/mol. The van der Waals surface area contributed by atoms with Gasteiger partial charge in [0.1, 0.15) is 5.60 Å². The van der Waals surface area contributed by atoms with E-state index in [1.807, 2.05) is 20.8 Å². The molecule has 6 nitrogen and oxygen atoms in total. The fraction of sp³-hybridized carbons (Fsp3) is 0.875. The minimum absolute atomic E-state index is 0.415. The van der Waals surface area contributed by atoms with Crippen molar-refractivity contribution in [2.45, 2.75) is 32.8 Å². The lowest BCUT2D eigenvalue weighted by Gasteiger charge is -2.19. The second kappa shape index (κ2) is 6.17. The Labute approximate surface area is 83.9 Å². The van der Waals surface area contributed by atoms with Crippen LogP contribution >= 0.6 is 0 Å². The largest absolute Gasteiger partial charge is 0.444 e. The van der Waals surface area contributed by atoms with Gasteiger partial charge in [0.05, 0.1) is 6.54 Å². The predicted octanol–water partition coefficient (Wildman–Crippen LogP) is 1.23. The van der Waals surface area contributed by atoms with Gasteiger partial charge in [-0.15, -0.1) is 0 Å². The second-order valence-electron chi connectivity index (χ2n) is 3.76. The van der Waals surface area contributed by atoms with Crippen molar-refractivity contribution < 1.29 is 9.53 Å². The molecule has 0 bridgehead atoms. The Morgan fingerprint density at radius 2 is 2.14 bits per heavy atom. The van der Waals surface area contributed by atoms with Crippen LogP contribution in [0, 0.1) is 0 Å². The molecule has 0 aromatic rings. The maximum absolute atomic E-state index is 11.1. The van der Waals surface area contributed by atoms with Crippen molar-refractivity contribution in [2.75, 3.05) is 13.1 Å². The SMILES string of the molecule is CC(C)(C)OC(=O)NCCCN=NN. The molecule has 0 saturated heterocycles. The summed E-state index contributed by atoms with van der Waals surface area (Å²) in [5.74, 6) is 4.80. The molecular formula is C8H18N4O2. The van der Waals surface area contributed by atoms with Gasteiger partial charge in [-0.05, 0) is 27.2 Å². The summed E-state index contributed by atoms with van der Waals surface area (Å²) in [5.41, 5.74) is -0.457. The molecule has 0 aliphatic carbocycles. The predicted molar refractivity (Wildman–Crippen MR) is 52.8 cm³/mol. The number of amides is 1. The van der Waals surface area contributed by atoms with Gasteiger partial charge in [0.25, 0.3) is 0 Å². The average Bonchev–Trinajstić information content (AvgIpc) is 2.00. The summed E-state index contributed by atoms with van der Waals surface area (Å²) in [7, 11) is 0. The number of nitrogens with zero attached hydrogens (tertiary/aromatic N) is 2. The third-order valence-corrected chi connectivity index (χ3v) is 1.18. The normalized spacial score (nSPS) is 11.6. The highest BCUT2D eigenvalue weighted by atomic mass is 16.6.